The van der Waals surface area contributed by atoms with Crippen LogP contribution < -0.4 is 0 Å². The Labute approximate surface area is 95.8 Å². The number of aromatic nitrogens is 1. The molecule has 1 saturated heterocycles. The van der Waals surface area contributed by atoms with Crippen LogP contribution in [0.1, 0.15) is 0 Å². The van der Waals surface area contributed by atoms with Crippen molar-refractivity contribution in [1.29, 1.82) is 0 Å². The lowest BCUT2D eigenvalue weighted by molar-refractivity contribution is -0.385. The van der Waals surface area contributed by atoms with Crippen LogP contribution in [-0.2, 0) is 10.5 Å². The summed E-state index contributed by atoms with van der Waals surface area (Å²) >= 11 is 0. The van der Waals surface area contributed by atoms with Crippen LogP contribution in [0.15, 0.2) is 18.5 Å². The second-order valence-corrected chi connectivity index (χ2v) is 3.86. The Morgan fingerprint density at radius 2 is 2.35 bits per heavy atom. The van der Waals surface area contributed by atoms with Crippen molar-refractivity contribution >= 4 is 5.69 Å². The monoisotopic (exact) mass is 244 g/mol. The van der Waals surface area contributed by atoms with Gasteiger partial charge in [-0.15, -0.1) is 0 Å². The van der Waals surface area contributed by atoms with Crippen LogP contribution in [0.2, 0.25) is 0 Å². The van der Waals surface area contributed by atoms with Crippen LogP contribution in [0.25, 0.3) is 0 Å². The van der Waals surface area contributed by atoms with Crippen molar-refractivity contribution in [2.45, 2.75) is 17.9 Å². The Bertz CT molecular complexity index is 433. The average molecular weight is 244 g/mol. The molecule has 1 aromatic heterocycles. The number of aliphatic hydroxyl groups is 3. The van der Waals surface area contributed by atoms with Gasteiger partial charge in [0.15, 0.2) is 5.72 Å². The molecule has 3 atom stereocenters. The van der Waals surface area contributed by atoms with E-state index in [1.54, 1.807) is 0 Å². The molecule has 0 unspecified atom stereocenters. The smallest absolute Gasteiger partial charge is 0.286 e. The molecule has 1 aliphatic rings. The van der Waals surface area contributed by atoms with Crippen molar-refractivity contribution in [3.8, 4) is 0 Å². The molecule has 94 valence electrons. The molecule has 1 aliphatic heterocycles. The highest BCUT2D eigenvalue weighted by atomic mass is 16.6. The Balaban J connectivity index is 2.38. The lowest BCUT2D eigenvalue weighted by Crippen LogP contribution is -2.48. The fourth-order valence-corrected chi connectivity index (χ4v) is 1.88. The summed E-state index contributed by atoms with van der Waals surface area (Å²) in [6, 6.07) is 1.22. The highest BCUT2D eigenvalue weighted by molar-refractivity contribution is 5.27. The van der Waals surface area contributed by atoms with Crippen LogP contribution in [0.4, 0.5) is 5.69 Å². The molecule has 0 bridgehead atoms. The average Bonchev–Trinajstić information content (AvgIpc) is 2.88. The van der Waals surface area contributed by atoms with Crippen molar-refractivity contribution in [2.75, 3.05) is 13.2 Å². The minimum Gasteiger partial charge on any atom is -0.391 e. The van der Waals surface area contributed by atoms with E-state index in [1.165, 1.54) is 16.8 Å². The van der Waals surface area contributed by atoms with E-state index >= 15 is 0 Å². The van der Waals surface area contributed by atoms with E-state index in [9.17, 15) is 25.4 Å². The standard InChI is InChI=1S/C9H12N2O6/c12-5-9(8(14)7(13)4-17-9)10-2-1-6(3-10)11(15)16/h1-3,7-8,12-14H,4-5H2/t7-,8-,9+/m0/s1. The van der Waals surface area contributed by atoms with Gasteiger partial charge in [0.05, 0.1) is 24.3 Å². The second-order valence-electron chi connectivity index (χ2n) is 3.86. The summed E-state index contributed by atoms with van der Waals surface area (Å²) in [5.74, 6) is 0. The van der Waals surface area contributed by atoms with Crippen LogP contribution in [-0.4, -0.2) is 50.2 Å². The van der Waals surface area contributed by atoms with Crippen LogP contribution in [0.5, 0.6) is 0 Å². The maximum atomic E-state index is 10.5. The van der Waals surface area contributed by atoms with Gasteiger partial charge in [-0.1, -0.05) is 0 Å². The largest absolute Gasteiger partial charge is 0.391 e. The Morgan fingerprint density at radius 3 is 2.76 bits per heavy atom. The first-order valence-electron chi connectivity index (χ1n) is 4.95. The van der Waals surface area contributed by atoms with Gasteiger partial charge >= 0.3 is 0 Å². The molecule has 1 fully saturated rings. The van der Waals surface area contributed by atoms with E-state index in [-0.39, 0.29) is 12.3 Å². The number of aliphatic hydroxyl groups excluding tert-OH is 3. The van der Waals surface area contributed by atoms with Crippen molar-refractivity contribution in [3.63, 3.8) is 0 Å². The molecule has 0 amide bonds. The minimum atomic E-state index is -1.56. The Hall–Kier alpha value is -1.48. The third-order valence-electron chi connectivity index (χ3n) is 2.88. The molecular weight excluding hydrogens is 232 g/mol. The van der Waals surface area contributed by atoms with Crippen molar-refractivity contribution in [1.82, 2.24) is 4.57 Å². The molecule has 2 heterocycles. The zero-order valence-corrected chi connectivity index (χ0v) is 8.76. The van der Waals surface area contributed by atoms with Gasteiger partial charge in [-0.2, -0.15) is 0 Å². The first kappa shape index (κ1) is 12.0. The molecule has 0 aliphatic carbocycles. The van der Waals surface area contributed by atoms with Crippen molar-refractivity contribution in [3.05, 3.63) is 28.6 Å². The number of nitrogens with zero attached hydrogens (tertiary/aromatic N) is 2. The lowest BCUT2D eigenvalue weighted by atomic mass is 10.1. The number of ether oxygens (including phenoxy) is 1. The maximum Gasteiger partial charge on any atom is 0.286 e. The predicted octanol–water partition coefficient (Wildman–Crippen LogP) is -1.21. The Kier molecular flexibility index (Phi) is 2.87. The van der Waals surface area contributed by atoms with E-state index < -0.39 is 29.5 Å². The third kappa shape index (κ3) is 1.71. The highest BCUT2D eigenvalue weighted by Gasteiger charge is 2.50. The van der Waals surface area contributed by atoms with Crippen LogP contribution >= 0.6 is 0 Å². The SMILES string of the molecule is O=[N+]([O-])c1ccn([C@]2(CO)OC[C@H](O)[C@@H]2O)c1. The molecule has 8 nitrogen and oxygen atoms in total. The summed E-state index contributed by atoms with van der Waals surface area (Å²) in [5.41, 5.74) is -1.75. The summed E-state index contributed by atoms with van der Waals surface area (Å²) in [7, 11) is 0. The number of rotatable bonds is 3. The summed E-state index contributed by atoms with van der Waals surface area (Å²) in [4.78, 5) is 9.95. The Morgan fingerprint density at radius 1 is 1.65 bits per heavy atom. The van der Waals surface area contributed by atoms with Gasteiger partial charge in [-0.05, 0) is 0 Å². The van der Waals surface area contributed by atoms with Gasteiger partial charge in [0.2, 0.25) is 0 Å². The van der Waals surface area contributed by atoms with E-state index in [0.717, 1.165) is 6.20 Å². The second kappa shape index (κ2) is 4.08. The highest BCUT2D eigenvalue weighted by Crippen LogP contribution is 2.32. The van der Waals surface area contributed by atoms with Gasteiger partial charge in [0.25, 0.3) is 5.69 Å². The first-order valence-corrected chi connectivity index (χ1v) is 4.95. The lowest BCUT2D eigenvalue weighted by Gasteiger charge is -2.31. The van der Waals surface area contributed by atoms with E-state index in [1.807, 2.05) is 0 Å². The summed E-state index contributed by atoms with van der Waals surface area (Å²) in [6.07, 6.45) is -0.0317. The molecule has 17 heavy (non-hydrogen) atoms. The molecular formula is C9H12N2O6. The third-order valence-corrected chi connectivity index (χ3v) is 2.88. The zero-order chi connectivity index (χ0) is 12.6. The molecule has 0 radical (unpaired) electrons. The number of nitro groups is 1. The molecule has 0 aromatic carbocycles. The van der Waals surface area contributed by atoms with Crippen LogP contribution in [0.3, 0.4) is 0 Å². The van der Waals surface area contributed by atoms with Gasteiger partial charge in [-0.3, -0.25) is 10.1 Å². The molecule has 2 rings (SSSR count). The normalized spacial score (nSPS) is 32.9. The summed E-state index contributed by atoms with van der Waals surface area (Å²) in [5, 5.41) is 39.1. The molecule has 0 saturated carbocycles. The van der Waals surface area contributed by atoms with Crippen molar-refractivity contribution in [2.24, 2.45) is 0 Å². The van der Waals surface area contributed by atoms with Gasteiger partial charge in [0, 0.05) is 12.3 Å². The van der Waals surface area contributed by atoms with Crippen molar-refractivity contribution < 1.29 is 25.0 Å². The zero-order valence-electron chi connectivity index (χ0n) is 8.76. The van der Waals surface area contributed by atoms with E-state index in [0.29, 0.717) is 0 Å². The fraction of sp³-hybridized carbons (Fsp3) is 0.556. The quantitative estimate of drug-likeness (QED) is 0.453. The molecule has 0 spiro atoms. The summed E-state index contributed by atoms with van der Waals surface area (Å²) < 4.78 is 6.38. The minimum absolute atomic E-state index is 0.145. The molecule has 1 aromatic rings. The molecule has 8 heteroatoms. The number of hydrogen-bond acceptors (Lipinski definition) is 6. The predicted molar refractivity (Wildman–Crippen MR) is 54.1 cm³/mol. The number of hydrogen-bond donors (Lipinski definition) is 3. The van der Waals surface area contributed by atoms with Gasteiger partial charge in [0.1, 0.15) is 12.2 Å². The molecule has 3 N–H and O–H groups in total. The van der Waals surface area contributed by atoms with Gasteiger partial charge in [-0.25, -0.2) is 0 Å². The summed E-state index contributed by atoms with van der Waals surface area (Å²) in [6.45, 7) is -0.745. The first-order chi connectivity index (χ1) is 8.01. The fourth-order valence-electron chi connectivity index (χ4n) is 1.88. The maximum absolute atomic E-state index is 10.5. The van der Waals surface area contributed by atoms with Gasteiger partial charge < -0.3 is 24.6 Å². The van der Waals surface area contributed by atoms with E-state index in [2.05, 4.69) is 0 Å². The van der Waals surface area contributed by atoms with E-state index in [4.69, 9.17) is 4.74 Å². The topological polar surface area (TPSA) is 118 Å². The van der Waals surface area contributed by atoms with Crippen LogP contribution in [0, 0.1) is 10.1 Å².